The average Bonchev–Trinajstić information content (AvgIpc) is 2.62. The second-order valence-electron chi connectivity index (χ2n) is 6.89. The largest absolute Gasteiger partial charge is 0.508 e. The molecule has 24 heavy (non-hydrogen) atoms. The summed E-state index contributed by atoms with van der Waals surface area (Å²) in [4.78, 5) is 0. The van der Waals surface area contributed by atoms with Gasteiger partial charge in [0, 0.05) is 12.6 Å². The van der Waals surface area contributed by atoms with Crippen LogP contribution in [0.25, 0.3) is 0 Å². The first kappa shape index (κ1) is 17.0. The Kier molecular flexibility index (Phi) is 5.89. The number of nitrogens with one attached hydrogen (secondary N) is 1. The highest BCUT2D eigenvalue weighted by atomic mass is 16.3. The number of rotatable bonds is 6. The van der Waals surface area contributed by atoms with Crippen molar-refractivity contribution in [2.75, 3.05) is 6.54 Å². The van der Waals surface area contributed by atoms with E-state index in [0.29, 0.717) is 30.7 Å². The summed E-state index contributed by atoms with van der Waals surface area (Å²) < 4.78 is 0. The van der Waals surface area contributed by atoms with Crippen molar-refractivity contribution in [3.8, 4) is 5.75 Å². The first-order valence-electron chi connectivity index (χ1n) is 8.95. The second-order valence-corrected chi connectivity index (χ2v) is 6.89. The van der Waals surface area contributed by atoms with E-state index in [1.165, 1.54) is 11.1 Å². The van der Waals surface area contributed by atoms with Crippen LogP contribution in [0.4, 0.5) is 0 Å². The van der Waals surface area contributed by atoms with Gasteiger partial charge >= 0.3 is 0 Å². The van der Waals surface area contributed by atoms with E-state index in [9.17, 15) is 10.2 Å². The van der Waals surface area contributed by atoms with Gasteiger partial charge in [0.1, 0.15) is 5.75 Å². The fraction of sp³-hybridized carbons (Fsp3) is 0.429. The minimum absolute atomic E-state index is 0.331. The number of benzene rings is 2. The summed E-state index contributed by atoms with van der Waals surface area (Å²) in [6, 6.07) is 18.3. The van der Waals surface area contributed by atoms with E-state index in [-0.39, 0.29) is 6.10 Å². The zero-order chi connectivity index (χ0) is 16.8. The maximum absolute atomic E-state index is 10.2. The van der Waals surface area contributed by atoms with Gasteiger partial charge in [-0.25, -0.2) is 0 Å². The second kappa shape index (κ2) is 8.32. The van der Waals surface area contributed by atoms with Crippen LogP contribution in [0.15, 0.2) is 54.6 Å². The zero-order valence-corrected chi connectivity index (χ0v) is 14.1. The van der Waals surface area contributed by atoms with Crippen molar-refractivity contribution in [1.29, 1.82) is 0 Å². The fourth-order valence-corrected chi connectivity index (χ4v) is 3.64. The highest BCUT2D eigenvalue weighted by Crippen LogP contribution is 2.33. The van der Waals surface area contributed by atoms with E-state index >= 15 is 0 Å². The number of aliphatic hydroxyl groups excluding tert-OH is 1. The summed E-state index contributed by atoms with van der Waals surface area (Å²) in [7, 11) is 0. The molecule has 0 spiro atoms. The smallest absolute Gasteiger partial charge is 0.115 e. The predicted molar refractivity (Wildman–Crippen MR) is 97.3 cm³/mol. The quantitative estimate of drug-likeness (QED) is 0.760. The van der Waals surface area contributed by atoms with Gasteiger partial charge in [0.05, 0.1) is 6.10 Å². The van der Waals surface area contributed by atoms with Crippen molar-refractivity contribution in [2.24, 2.45) is 0 Å². The minimum Gasteiger partial charge on any atom is -0.508 e. The molecule has 1 aliphatic rings. The molecule has 0 amide bonds. The van der Waals surface area contributed by atoms with Crippen LogP contribution < -0.4 is 5.32 Å². The Morgan fingerprint density at radius 3 is 2.25 bits per heavy atom. The lowest BCUT2D eigenvalue weighted by Crippen LogP contribution is -2.38. The summed E-state index contributed by atoms with van der Waals surface area (Å²) >= 11 is 0. The minimum atomic E-state index is -0.331. The SMILES string of the molecule is Oc1ccc([C@H]2CC[C@@H](NCC(O)Cc3ccccc3)CC2)cc1. The molecular formula is C21H27NO2. The standard InChI is InChI=1S/C21H27NO2/c23-20-12-8-18(9-13-20)17-6-10-19(11-7-17)22-15-21(24)14-16-4-2-1-3-5-16/h1-5,8-9,12-13,17,19,21-24H,6-7,10-11,14-15H2/t17-,19+,21?. The van der Waals surface area contributed by atoms with E-state index in [4.69, 9.17) is 0 Å². The van der Waals surface area contributed by atoms with Gasteiger partial charge in [0.15, 0.2) is 0 Å². The molecule has 0 radical (unpaired) electrons. The van der Waals surface area contributed by atoms with E-state index < -0.39 is 0 Å². The molecular weight excluding hydrogens is 298 g/mol. The monoisotopic (exact) mass is 325 g/mol. The van der Waals surface area contributed by atoms with Gasteiger partial charge in [0.25, 0.3) is 0 Å². The molecule has 128 valence electrons. The van der Waals surface area contributed by atoms with Gasteiger partial charge in [0.2, 0.25) is 0 Å². The van der Waals surface area contributed by atoms with E-state index in [2.05, 4.69) is 17.4 Å². The fourth-order valence-electron chi connectivity index (χ4n) is 3.64. The lowest BCUT2D eigenvalue weighted by atomic mass is 9.81. The topological polar surface area (TPSA) is 52.5 Å². The molecule has 1 saturated carbocycles. The number of aliphatic hydroxyl groups is 1. The molecule has 3 nitrogen and oxygen atoms in total. The van der Waals surface area contributed by atoms with Crippen LogP contribution in [-0.4, -0.2) is 28.9 Å². The maximum Gasteiger partial charge on any atom is 0.115 e. The average molecular weight is 325 g/mol. The molecule has 2 aromatic rings. The van der Waals surface area contributed by atoms with Crippen molar-refractivity contribution in [2.45, 2.75) is 50.2 Å². The molecule has 1 unspecified atom stereocenters. The molecule has 0 heterocycles. The molecule has 3 rings (SSSR count). The van der Waals surface area contributed by atoms with Crippen LogP contribution in [0.2, 0.25) is 0 Å². The molecule has 1 atom stereocenters. The maximum atomic E-state index is 10.2. The molecule has 1 fully saturated rings. The summed E-state index contributed by atoms with van der Waals surface area (Å²) in [5.74, 6) is 0.930. The van der Waals surface area contributed by atoms with Gasteiger partial charge in [-0.1, -0.05) is 42.5 Å². The number of phenolic OH excluding ortho intramolecular Hbond substituents is 1. The normalized spacial score (nSPS) is 22.2. The van der Waals surface area contributed by atoms with Crippen molar-refractivity contribution < 1.29 is 10.2 Å². The number of hydrogen-bond donors (Lipinski definition) is 3. The summed E-state index contributed by atoms with van der Waals surface area (Å²) in [6.45, 7) is 0.656. The van der Waals surface area contributed by atoms with Crippen molar-refractivity contribution >= 4 is 0 Å². The van der Waals surface area contributed by atoms with Gasteiger partial charge < -0.3 is 15.5 Å². The molecule has 2 aromatic carbocycles. The van der Waals surface area contributed by atoms with Crippen molar-refractivity contribution in [3.05, 3.63) is 65.7 Å². The third-order valence-electron chi connectivity index (χ3n) is 5.05. The highest BCUT2D eigenvalue weighted by Gasteiger charge is 2.22. The van der Waals surface area contributed by atoms with Gasteiger partial charge in [-0.3, -0.25) is 0 Å². The van der Waals surface area contributed by atoms with Crippen LogP contribution in [0.5, 0.6) is 5.75 Å². The van der Waals surface area contributed by atoms with Crippen LogP contribution in [0, 0.1) is 0 Å². The Morgan fingerprint density at radius 1 is 0.917 bits per heavy atom. The molecule has 0 aromatic heterocycles. The summed E-state index contributed by atoms with van der Waals surface area (Å²) in [5.41, 5.74) is 2.51. The molecule has 0 aliphatic heterocycles. The Hall–Kier alpha value is -1.84. The van der Waals surface area contributed by atoms with Crippen LogP contribution in [0.3, 0.4) is 0 Å². The Labute approximate surface area is 144 Å². The molecule has 0 bridgehead atoms. The number of hydrogen-bond acceptors (Lipinski definition) is 3. The number of aromatic hydroxyl groups is 1. The summed E-state index contributed by atoms with van der Waals surface area (Å²) in [6.07, 6.45) is 4.99. The third kappa shape index (κ3) is 4.83. The first-order chi connectivity index (χ1) is 11.7. The first-order valence-corrected chi connectivity index (χ1v) is 8.95. The van der Waals surface area contributed by atoms with Crippen molar-refractivity contribution in [3.63, 3.8) is 0 Å². The van der Waals surface area contributed by atoms with Crippen LogP contribution in [-0.2, 0) is 6.42 Å². The lowest BCUT2D eigenvalue weighted by molar-refractivity contribution is 0.162. The van der Waals surface area contributed by atoms with Gasteiger partial charge in [-0.15, -0.1) is 0 Å². The molecule has 3 N–H and O–H groups in total. The van der Waals surface area contributed by atoms with Crippen LogP contribution >= 0.6 is 0 Å². The van der Waals surface area contributed by atoms with E-state index in [1.54, 1.807) is 12.1 Å². The van der Waals surface area contributed by atoms with E-state index in [0.717, 1.165) is 25.7 Å². The Bertz CT molecular complexity index is 603. The molecule has 3 heteroatoms. The predicted octanol–water partition coefficient (Wildman–Crippen LogP) is 3.61. The lowest BCUT2D eigenvalue weighted by Gasteiger charge is -2.30. The Morgan fingerprint density at radius 2 is 1.58 bits per heavy atom. The molecule has 1 aliphatic carbocycles. The third-order valence-corrected chi connectivity index (χ3v) is 5.05. The molecule has 0 saturated heterocycles. The van der Waals surface area contributed by atoms with Gasteiger partial charge in [-0.05, 0) is 61.3 Å². The van der Waals surface area contributed by atoms with Crippen molar-refractivity contribution in [1.82, 2.24) is 5.32 Å². The zero-order valence-electron chi connectivity index (χ0n) is 14.1. The van der Waals surface area contributed by atoms with E-state index in [1.807, 2.05) is 30.3 Å². The van der Waals surface area contributed by atoms with Gasteiger partial charge in [-0.2, -0.15) is 0 Å². The summed E-state index contributed by atoms with van der Waals surface area (Å²) in [5, 5.41) is 23.1. The number of phenols is 1. The Balaban J connectivity index is 1.40. The highest BCUT2D eigenvalue weighted by molar-refractivity contribution is 5.28. The van der Waals surface area contributed by atoms with Crippen LogP contribution in [0.1, 0.15) is 42.7 Å².